The van der Waals surface area contributed by atoms with Gasteiger partial charge in [0.05, 0.1) is 0 Å². The Labute approximate surface area is 92.1 Å². The van der Waals surface area contributed by atoms with Crippen LogP contribution in [0.25, 0.3) is 0 Å². The molecule has 0 spiro atoms. The maximum Gasteiger partial charge on any atom is -0.0396 e. The largest absolute Gasteiger partial charge is 0.0732 e. The monoisotopic (exact) mass is 198 g/mol. The van der Waals surface area contributed by atoms with E-state index in [1.807, 2.05) is 27.7 Å². The van der Waals surface area contributed by atoms with Crippen LogP contribution in [0.5, 0.6) is 0 Å². The third-order valence-corrected chi connectivity index (χ3v) is 2.06. The lowest BCUT2D eigenvalue weighted by molar-refractivity contribution is 1.17. The van der Waals surface area contributed by atoms with E-state index in [1.54, 1.807) is 0 Å². The van der Waals surface area contributed by atoms with Gasteiger partial charge in [-0.05, 0) is 52.7 Å². The number of allylic oxidation sites excluding steroid dienone is 4. The first-order valence-corrected chi connectivity index (χ1v) is 5.75. The number of hydrogen-bond donors (Lipinski definition) is 0. The highest BCUT2D eigenvalue weighted by Gasteiger charge is 1.95. The van der Waals surface area contributed by atoms with Crippen molar-refractivity contribution in [1.82, 2.24) is 0 Å². The fourth-order valence-electron chi connectivity index (χ4n) is 0.750. The van der Waals surface area contributed by atoms with Crippen LogP contribution in [-0.2, 0) is 0 Å². The Kier molecular flexibility index (Phi) is 17.0. The molecule has 14 heavy (non-hydrogen) atoms. The van der Waals surface area contributed by atoms with E-state index in [2.05, 4.69) is 41.5 Å². The molecule has 0 aliphatic carbocycles. The van der Waals surface area contributed by atoms with Crippen molar-refractivity contribution < 1.29 is 0 Å². The summed E-state index contributed by atoms with van der Waals surface area (Å²) in [5.41, 5.74) is 5.69. The molecule has 0 amide bonds. The molecule has 0 rings (SSSR count). The van der Waals surface area contributed by atoms with Crippen molar-refractivity contribution >= 4 is 0 Å². The molecule has 0 atom stereocenters. The summed E-state index contributed by atoms with van der Waals surface area (Å²) >= 11 is 0. The van der Waals surface area contributed by atoms with E-state index in [4.69, 9.17) is 0 Å². The normalized spacial score (nSPS) is 7.29. The van der Waals surface area contributed by atoms with Gasteiger partial charge in [-0.1, -0.05) is 38.8 Å². The third kappa shape index (κ3) is 9.57. The number of rotatable bonds is 1. The van der Waals surface area contributed by atoms with Crippen LogP contribution in [0.4, 0.5) is 0 Å². The molecule has 0 N–H and O–H groups in total. The van der Waals surface area contributed by atoms with Crippen molar-refractivity contribution in [2.45, 2.75) is 69.2 Å². The average molecular weight is 198 g/mol. The van der Waals surface area contributed by atoms with Crippen molar-refractivity contribution in [3.8, 4) is 0 Å². The predicted molar refractivity (Wildman–Crippen MR) is 70.8 cm³/mol. The molecule has 0 aliphatic rings. The molecule has 0 saturated carbocycles. The molecule has 0 aromatic rings. The first-order chi connectivity index (χ1) is 6.46. The highest BCUT2D eigenvalue weighted by Crippen LogP contribution is 2.16. The van der Waals surface area contributed by atoms with Crippen molar-refractivity contribution in [1.29, 1.82) is 0 Å². The van der Waals surface area contributed by atoms with E-state index < -0.39 is 0 Å². The molecule has 0 aromatic heterocycles. The molecule has 86 valence electrons. The van der Waals surface area contributed by atoms with Gasteiger partial charge >= 0.3 is 0 Å². The lowest BCUT2D eigenvalue weighted by atomic mass is 10.0. The topological polar surface area (TPSA) is 0 Å². The summed E-state index contributed by atoms with van der Waals surface area (Å²) in [6, 6.07) is 0. The van der Waals surface area contributed by atoms with Crippen LogP contribution in [0, 0.1) is 0 Å². The van der Waals surface area contributed by atoms with Crippen LogP contribution >= 0.6 is 0 Å². The van der Waals surface area contributed by atoms with Crippen LogP contribution < -0.4 is 0 Å². The second kappa shape index (κ2) is 12.5. The van der Waals surface area contributed by atoms with E-state index in [9.17, 15) is 0 Å². The molecule has 0 unspecified atom stereocenters. The van der Waals surface area contributed by atoms with Crippen LogP contribution in [0.1, 0.15) is 69.2 Å². The second-order valence-corrected chi connectivity index (χ2v) is 3.25. The minimum Gasteiger partial charge on any atom is -0.0732 e. The Balaban J connectivity index is -0.000000266. The Morgan fingerprint density at radius 1 is 0.429 bits per heavy atom. The Bertz CT molecular complexity index is 150. The van der Waals surface area contributed by atoms with E-state index >= 15 is 0 Å². The standard InChI is InChI=1S/C10H18.2C2H6/c1-7(2)9(5)10(6)8(3)4;2*1-2/h1-6H3;2*1-2H3. The first-order valence-electron chi connectivity index (χ1n) is 5.75. The lowest BCUT2D eigenvalue weighted by Crippen LogP contribution is -1.85. The van der Waals surface area contributed by atoms with Gasteiger partial charge in [-0.3, -0.25) is 0 Å². The minimum absolute atomic E-state index is 1.42. The van der Waals surface area contributed by atoms with Gasteiger partial charge in [0.1, 0.15) is 0 Å². The highest BCUT2D eigenvalue weighted by atomic mass is 14.0. The molecule has 0 nitrogen and oxygen atoms in total. The molecule has 0 aliphatic heterocycles. The van der Waals surface area contributed by atoms with Crippen molar-refractivity contribution in [3.05, 3.63) is 22.3 Å². The summed E-state index contributed by atoms with van der Waals surface area (Å²) in [7, 11) is 0. The van der Waals surface area contributed by atoms with Gasteiger partial charge in [0.2, 0.25) is 0 Å². The third-order valence-electron chi connectivity index (χ3n) is 2.06. The molecular weight excluding hydrogens is 168 g/mol. The summed E-state index contributed by atoms with van der Waals surface area (Å²) in [5.74, 6) is 0. The maximum absolute atomic E-state index is 2.18. The van der Waals surface area contributed by atoms with Gasteiger partial charge in [-0.25, -0.2) is 0 Å². The van der Waals surface area contributed by atoms with Gasteiger partial charge < -0.3 is 0 Å². The molecule has 0 aromatic carbocycles. The second-order valence-electron chi connectivity index (χ2n) is 3.25. The van der Waals surface area contributed by atoms with E-state index in [1.165, 1.54) is 22.3 Å². The van der Waals surface area contributed by atoms with Crippen LogP contribution in [0.15, 0.2) is 22.3 Å². The Morgan fingerprint density at radius 3 is 0.643 bits per heavy atom. The fraction of sp³-hybridized carbons (Fsp3) is 0.714. The van der Waals surface area contributed by atoms with Crippen molar-refractivity contribution in [2.75, 3.05) is 0 Å². The van der Waals surface area contributed by atoms with Gasteiger partial charge in [0, 0.05) is 0 Å². The van der Waals surface area contributed by atoms with Crippen LogP contribution in [0.3, 0.4) is 0 Å². The van der Waals surface area contributed by atoms with Gasteiger partial charge in [0.15, 0.2) is 0 Å². The summed E-state index contributed by atoms with van der Waals surface area (Å²) in [6.07, 6.45) is 0. The zero-order valence-corrected chi connectivity index (χ0v) is 12.0. The zero-order chi connectivity index (χ0) is 12.3. The predicted octanol–water partition coefficient (Wildman–Crippen LogP) is 5.75. The fourth-order valence-corrected chi connectivity index (χ4v) is 0.750. The number of hydrogen-bond acceptors (Lipinski definition) is 0. The average Bonchev–Trinajstić information content (AvgIpc) is 2.21. The van der Waals surface area contributed by atoms with E-state index in [0.29, 0.717) is 0 Å². The summed E-state index contributed by atoms with van der Waals surface area (Å²) < 4.78 is 0. The van der Waals surface area contributed by atoms with Crippen LogP contribution in [-0.4, -0.2) is 0 Å². The highest BCUT2D eigenvalue weighted by molar-refractivity contribution is 5.33. The van der Waals surface area contributed by atoms with Gasteiger partial charge in [0.25, 0.3) is 0 Å². The summed E-state index contributed by atoms with van der Waals surface area (Å²) in [6.45, 7) is 21.0. The maximum atomic E-state index is 2.18. The van der Waals surface area contributed by atoms with Crippen molar-refractivity contribution in [2.24, 2.45) is 0 Å². The molecule has 0 radical (unpaired) electrons. The van der Waals surface area contributed by atoms with Gasteiger partial charge in [-0.2, -0.15) is 0 Å². The smallest absolute Gasteiger partial charge is 0.0396 e. The van der Waals surface area contributed by atoms with Crippen LogP contribution in [0.2, 0.25) is 0 Å². The molecule has 0 heterocycles. The molecular formula is C14H30. The van der Waals surface area contributed by atoms with E-state index in [-0.39, 0.29) is 0 Å². The zero-order valence-electron chi connectivity index (χ0n) is 12.0. The first kappa shape index (κ1) is 19.1. The minimum atomic E-state index is 1.42. The van der Waals surface area contributed by atoms with E-state index in [0.717, 1.165) is 0 Å². The van der Waals surface area contributed by atoms with Crippen molar-refractivity contribution in [3.63, 3.8) is 0 Å². The van der Waals surface area contributed by atoms with Gasteiger partial charge in [-0.15, -0.1) is 0 Å². The molecule has 0 fully saturated rings. The molecule has 0 saturated heterocycles. The Morgan fingerprint density at radius 2 is 0.571 bits per heavy atom. The molecule has 0 heteroatoms. The Hall–Kier alpha value is -0.520. The SMILES string of the molecule is CC.CC.CC(C)=C(C)C(C)=C(C)C. The summed E-state index contributed by atoms with van der Waals surface area (Å²) in [4.78, 5) is 0. The lowest BCUT2D eigenvalue weighted by Gasteiger charge is -2.05. The summed E-state index contributed by atoms with van der Waals surface area (Å²) in [5, 5.41) is 0. The molecule has 0 bridgehead atoms. The quantitative estimate of drug-likeness (QED) is 0.470.